The second-order valence-corrected chi connectivity index (χ2v) is 7.92. The molecule has 7 heteroatoms. The third kappa shape index (κ3) is 2.95. The molecule has 154 valence electrons. The number of halogens is 2. The molecule has 0 N–H and O–H groups in total. The molecule has 1 saturated carbocycles. The maximum absolute atomic E-state index is 14.8. The fraction of sp³-hybridized carbons (Fsp3) is 0.208. The molecule has 0 atom stereocenters. The third-order valence-electron chi connectivity index (χ3n) is 5.86. The average Bonchev–Trinajstić information content (AvgIpc) is 3.53. The van der Waals surface area contributed by atoms with Crippen LogP contribution in [0.3, 0.4) is 0 Å². The van der Waals surface area contributed by atoms with Crippen molar-refractivity contribution in [1.29, 1.82) is 5.26 Å². The third-order valence-corrected chi connectivity index (χ3v) is 5.86. The van der Waals surface area contributed by atoms with Gasteiger partial charge in [0.15, 0.2) is 0 Å². The zero-order chi connectivity index (χ0) is 21.9. The van der Waals surface area contributed by atoms with Gasteiger partial charge in [0, 0.05) is 30.2 Å². The normalized spacial score (nSPS) is 13.5. The lowest BCUT2D eigenvalue weighted by Crippen LogP contribution is -2.22. The smallest absolute Gasteiger partial charge is 0.277 e. The molecular weight excluding hydrogens is 398 g/mol. The monoisotopic (exact) mass is 416 g/mol. The van der Waals surface area contributed by atoms with Crippen molar-refractivity contribution in [1.82, 2.24) is 14.2 Å². The minimum absolute atomic E-state index is 0.150. The van der Waals surface area contributed by atoms with Gasteiger partial charge < -0.3 is 4.57 Å². The summed E-state index contributed by atoms with van der Waals surface area (Å²) in [6, 6.07) is 12.5. The lowest BCUT2D eigenvalue weighted by atomic mass is 10.0. The summed E-state index contributed by atoms with van der Waals surface area (Å²) in [5, 5.41) is 13.7. The van der Waals surface area contributed by atoms with E-state index in [2.05, 4.69) is 11.2 Å². The molecule has 1 aliphatic rings. The summed E-state index contributed by atoms with van der Waals surface area (Å²) in [5.74, 6) is -1.20. The van der Waals surface area contributed by atoms with Crippen LogP contribution in [0, 0.1) is 29.9 Å². The fourth-order valence-electron chi connectivity index (χ4n) is 4.20. The molecule has 5 rings (SSSR count). The van der Waals surface area contributed by atoms with Gasteiger partial charge in [0.1, 0.15) is 17.3 Å². The summed E-state index contributed by atoms with van der Waals surface area (Å²) >= 11 is 0. The Kier molecular flexibility index (Phi) is 4.26. The van der Waals surface area contributed by atoms with Crippen LogP contribution in [-0.4, -0.2) is 14.2 Å². The molecular formula is C24H18F2N4O. The van der Waals surface area contributed by atoms with Gasteiger partial charge in [0.2, 0.25) is 0 Å². The molecule has 0 saturated heterocycles. The van der Waals surface area contributed by atoms with E-state index in [9.17, 15) is 13.6 Å². The van der Waals surface area contributed by atoms with Crippen LogP contribution in [-0.2, 0) is 7.05 Å². The van der Waals surface area contributed by atoms with Gasteiger partial charge in [-0.3, -0.25) is 4.79 Å². The van der Waals surface area contributed by atoms with E-state index in [1.165, 1.54) is 16.6 Å². The van der Waals surface area contributed by atoms with Crippen LogP contribution < -0.4 is 5.56 Å². The van der Waals surface area contributed by atoms with E-state index >= 15 is 0 Å². The topological polar surface area (TPSA) is 63.1 Å². The number of rotatable bonds is 3. The average molecular weight is 416 g/mol. The van der Waals surface area contributed by atoms with Gasteiger partial charge in [0.05, 0.1) is 28.6 Å². The van der Waals surface area contributed by atoms with Crippen LogP contribution in [0.25, 0.3) is 28.0 Å². The first-order valence-electron chi connectivity index (χ1n) is 9.99. The van der Waals surface area contributed by atoms with Gasteiger partial charge in [-0.2, -0.15) is 14.9 Å². The van der Waals surface area contributed by atoms with E-state index in [1.54, 1.807) is 38.2 Å². The highest BCUT2D eigenvalue weighted by Gasteiger charge is 2.33. The van der Waals surface area contributed by atoms with Gasteiger partial charge in [-0.1, -0.05) is 12.1 Å². The van der Waals surface area contributed by atoms with Crippen LogP contribution in [0.2, 0.25) is 0 Å². The zero-order valence-electron chi connectivity index (χ0n) is 17.0. The van der Waals surface area contributed by atoms with E-state index in [0.29, 0.717) is 33.7 Å². The molecule has 2 aromatic carbocycles. The fourth-order valence-corrected chi connectivity index (χ4v) is 4.20. The number of nitriles is 1. The van der Waals surface area contributed by atoms with Gasteiger partial charge in [-0.25, -0.2) is 8.78 Å². The molecule has 0 bridgehead atoms. The van der Waals surface area contributed by atoms with Crippen LogP contribution >= 0.6 is 0 Å². The number of hydrogen-bond acceptors (Lipinski definition) is 3. The van der Waals surface area contributed by atoms with E-state index < -0.39 is 11.6 Å². The van der Waals surface area contributed by atoms with E-state index in [1.807, 2.05) is 4.57 Å². The van der Waals surface area contributed by atoms with Gasteiger partial charge in [-0.05, 0) is 49.6 Å². The molecule has 31 heavy (non-hydrogen) atoms. The van der Waals surface area contributed by atoms with E-state index in [-0.39, 0.29) is 17.0 Å². The van der Waals surface area contributed by atoms with Crippen molar-refractivity contribution in [2.75, 3.05) is 0 Å². The Hall–Kier alpha value is -3.79. The minimum Gasteiger partial charge on any atom is -0.328 e. The molecule has 2 aromatic heterocycles. The summed E-state index contributed by atoms with van der Waals surface area (Å²) in [6.07, 6.45) is 1.83. The lowest BCUT2D eigenvalue weighted by molar-refractivity contribution is 0.585. The highest BCUT2D eigenvalue weighted by atomic mass is 19.1. The van der Waals surface area contributed by atoms with E-state index in [0.717, 1.165) is 24.5 Å². The number of fused-ring (bicyclic) bond motifs is 1. The molecule has 0 amide bonds. The van der Waals surface area contributed by atoms with Crippen molar-refractivity contribution in [3.05, 3.63) is 81.3 Å². The van der Waals surface area contributed by atoms with Crippen LogP contribution in [0.5, 0.6) is 0 Å². The Bertz CT molecular complexity index is 1450. The molecule has 0 unspecified atom stereocenters. The van der Waals surface area contributed by atoms with Crippen LogP contribution in [0.1, 0.15) is 35.6 Å². The summed E-state index contributed by atoms with van der Waals surface area (Å²) < 4.78 is 31.6. The van der Waals surface area contributed by atoms with Crippen molar-refractivity contribution >= 4 is 5.65 Å². The largest absolute Gasteiger partial charge is 0.328 e. The van der Waals surface area contributed by atoms with Gasteiger partial charge >= 0.3 is 0 Å². The molecule has 0 radical (unpaired) electrons. The van der Waals surface area contributed by atoms with Crippen molar-refractivity contribution in [3.63, 3.8) is 0 Å². The summed E-state index contributed by atoms with van der Waals surface area (Å²) in [6.45, 7) is 1.73. The number of benzene rings is 2. The van der Waals surface area contributed by atoms with Gasteiger partial charge in [0.25, 0.3) is 5.56 Å². The first kappa shape index (κ1) is 19.2. The molecule has 2 heterocycles. The maximum Gasteiger partial charge on any atom is 0.277 e. The molecule has 1 fully saturated rings. The van der Waals surface area contributed by atoms with Crippen molar-refractivity contribution in [2.45, 2.75) is 25.7 Å². The summed E-state index contributed by atoms with van der Waals surface area (Å²) in [4.78, 5) is 13.3. The predicted octanol–water partition coefficient (Wildman–Crippen LogP) is 4.70. The standard InChI is InChI=1S/C24H18F2N4O/c1-13-22(16-5-3-14(12-27)4-6-16)29(2)23-20(18-10-9-17(25)11-19(18)26)21(15-7-8-15)28-30(23)24(13)31/h3-6,9-11,15H,7-8H2,1-2H3. The SMILES string of the molecule is Cc1c(-c2ccc(C#N)cc2)n(C)c2c(-c3ccc(F)cc3F)c(C3CC3)nn2c1=O. The second-order valence-electron chi connectivity index (χ2n) is 7.92. The number of nitrogens with zero attached hydrogens (tertiary/aromatic N) is 4. The maximum atomic E-state index is 14.8. The lowest BCUT2D eigenvalue weighted by Gasteiger charge is -2.15. The van der Waals surface area contributed by atoms with Crippen LogP contribution in [0.15, 0.2) is 47.3 Å². The van der Waals surface area contributed by atoms with E-state index in [4.69, 9.17) is 5.26 Å². The predicted molar refractivity (Wildman–Crippen MR) is 113 cm³/mol. The Morgan fingerprint density at radius 3 is 2.45 bits per heavy atom. The highest BCUT2D eigenvalue weighted by Crippen LogP contribution is 2.45. The van der Waals surface area contributed by atoms with Crippen molar-refractivity contribution in [3.8, 4) is 28.5 Å². The quantitative estimate of drug-likeness (QED) is 0.486. The Balaban J connectivity index is 1.88. The number of aromatic nitrogens is 3. The van der Waals surface area contributed by atoms with Gasteiger partial charge in [-0.15, -0.1) is 0 Å². The molecule has 5 nitrogen and oxygen atoms in total. The minimum atomic E-state index is -0.690. The Morgan fingerprint density at radius 2 is 1.84 bits per heavy atom. The first-order chi connectivity index (χ1) is 14.9. The molecule has 4 aromatic rings. The second kappa shape index (κ2) is 6.88. The van der Waals surface area contributed by atoms with Crippen LogP contribution in [0.4, 0.5) is 8.78 Å². The molecule has 0 aliphatic heterocycles. The Morgan fingerprint density at radius 1 is 1.13 bits per heavy atom. The first-order valence-corrected chi connectivity index (χ1v) is 9.99. The van der Waals surface area contributed by atoms with Crippen molar-refractivity contribution in [2.24, 2.45) is 7.05 Å². The highest BCUT2D eigenvalue weighted by molar-refractivity contribution is 5.83. The van der Waals surface area contributed by atoms with Crippen molar-refractivity contribution < 1.29 is 8.78 Å². The summed E-state index contributed by atoms with van der Waals surface area (Å²) in [5.41, 5.74) is 4.02. The zero-order valence-corrected chi connectivity index (χ0v) is 17.0. The molecule has 1 aliphatic carbocycles. The Labute approximate surface area is 176 Å². The summed E-state index contributed by atoms with van der Waals surface area (Å²) in [7, 11) is 1.80. The number of aryl methyl sites for hydroxylation is 1. The number of hydrogen-bond donors (Lipinski definition) is 0. The molecule has 0 spiro atoms.